The van der Waals surface area contributed by atoms with Crippen molar-refractivity contribution >= 4 is 21.1 Å². The molecule has 1 aromatic heterocycles. The summed E-state index contributed by atoms with van der Waals surface area (Å²) >= 11 is 0. The van der Waals surface area contributed by atoms with Crippen LogP contribution in [0, 0.1) is 0 Å². The maximum absolute atomic E-state index is 12.4. The van der Waals surface area contributed by atoms with Crippen LogP contribution >= 0.6 is 0 Å². The molecule has 0 spiro atoms. The summed E-state index contributed by atoms with van der Waals surface area (Å²) in [5.41, 5.74) is 1.03. The molecular weight excluding hydrogens is 250 g/mol. The van der Waals surface area contributed by atoms with Crippen molar-refractivity contribution in [1.29, 1.82) is 0 Å². The number of nitrogens with zero attached hydrogens (tertiary/aromatic N) is 3. The molecule has 0 atom stereocenters. The fraction of sp³-hybridized carbons (Fsp3) is 0. The quantitative estimate of drug-likeness (QED) is 0.702. The topological polar surface area (TPSA) is 64.8 Å². The first-order chi connectivity index (χ1) is 8.69. The zero-order chi connectivity index (χ0) is 12.6. The lowest BCUT2D eigenvalue weighted by Gasteiger charge is -2.03. The first kappa shape index (κ1) is 10.9. The van der Waals surface area contributed by atoms with Crippen LogP contribution in [0.15, 0.2) is 59.5 Å². The van der Waals surface area contributed by atoms with Gasteiger partial charge in [0.15, 0.2) is 0 Å². The van der Waals surface area contributed by atoms with Gasteiger partial charge in [-0.2, -0.15) is 8.42 Å². The molecule has 90 valence electrons. The average molecular weight is 259 g/mol. The van der Waals surface area contributed by atoms with E-state index in [-0.39, 0.29) is 4.90 Å². The van der Waals surface area contributed by atoms with Gasteiger partial charge < -0.3 is 0 Å². The van der Waals surface area contributed by atoms with Gasteiger partial charge in [-0.05, 0) is 24.3 Å². The standard InChI is InChI=1S/C12H9N3O2S/c16-18(17,10-6-2-1-3-7-10)15-12-9-5-4-8-11(12)13-14-15/h1-9H. The Morgan fingerprint density at radius 1 is 0.889 bits per heavy atom. The molecule has 0 bridgehead atoms. The van der Waals surface area contributed by atoms with Crippen LogP contribution in [0.25, 0.3) is 11.0 Å². The Bertz CT molecular complexity index is 794. The molecular formula is C12H9N3O2S. The maximum atomic E-state index is 12.4. The summed E-state index contributed by atoms with van der Waals surface area (Å²) in [6, 6.07) is 15.1. The summed E-state index contributed by atoms with van der Waals surface area (Å²) in [6.07, 6.45) is 0. The van der Waals surface area contributed by atoms with E-state index >= 15 is 0 Å². The minimum atomic E-state index is -3.68. The Balaban J connectivity index is 2.27. The van der Waals surface area contributed by atoms with E-state index in [4.69, 9.17) is 0 Å². The number of fused-ring (bicyclic) bond motifs is 1. The monoisotopic (exact) mass is 259 g/mol. The summed E-state index contributed by atoms with van der Waals surface area (Å²) in [5.74, 6) is 0. The van der Waals surface area contributed by atoms with Crippen molar-refractivity contribution in [2.75, 3.05) is 0 Å². The van der Waals surface area contributed by atoms with E-state index in [0.29, 0.717) is 11.0 Å². The molecule has 0 radical (unpaired) electrons. The van der Waals surface area contributed by atoms with Crippen molar-refractivity contribution in [1.82, 2.24) is 14.4 Å². The second kappa shape index (κ2) is 3.92. The van der Waals surface area contributed by atoms with Crippen LogP contribution in [0.3, 0.4) is 0 Å². The molecule has 0 saturated heterocycles. The second-order valence-electron chi connectivity index (χ2n) is 3.74. The van der Waals surface area contributed by atoms with Gasteiger partial charge in [-0.3, -0.25) is 0 Å². The highest BCUT2D eigenvalue weighted by atomic mass is 32.2. The molecule has 0 aliphatic rings. The van der Waals surface area contributed by atoms with Crippen molar-refractivity contribution in [3.05, 3.63) is 54.6 Å². The van der Waals surface area contributed by atoms with Crippen LogP contribution in [0.4, 0.5) is 0 Å². The highest BCUT2D eigenvalue weighted by Crippen LogP contribution is 2.17. The van der Waals surface area contributed by atoms with Gasteiger partial charge >= 0.3 is 0 Å². The van der Waals surface area contributed by atoms with Crippen molar-refractivity contribution in [3.63, 3.8) is 0 Å². The fourth-order valence-electron chi connectivity index (χ4n) is 1.72. The molecule has 0 saturated carbocycles. The first-order valence-electron chi connectivity index (χ1n) is 5.31. The van der Waals surface area contributed by atoms with Crippen LogP contribution in [0.2, 0.25) is 0 Å². The predicted molar refractivity (Wildman–Crippen MR) is 66.6 cm³/mol. The Hall–Kier alpha value is -2.21. The van der Waals surface area contributed by atoms with Crippen LogP contribution in [-0.4, -0.2) is 22.8 Å². The van der Waals surface area contributed by atoms with Crippen LogP contribution < -0.4 is 0 Å². The van der Waals surface area contributed by atoms with Crippen molar-refractivity contribution < 1.29 is 8.42 Å². The molecule has 0 N–H and O–H groups in total. The van der Waals surface area contributed by atoms with Gasteiger partial charge in [0, 0.05) is 0 Å². The van der Waals surface area contributed by atoms with Gasteiger partial charge in [-0.1, -0.05) is 35.5 Å². The maximum Gasteiger partial charge on any atom is 0.284 e. The molecule has 0 fully saturated rings. The normalized spacial score (nSPS) is 11.8. The molecule has 2 aromatic carbocycles. The van der Waals surface area contributed by atoms with Gasteiger partial charge in [0.2, 0.25) is 0 Å². The summed E-state index contributed by atoms with van der Waals surface area (Å²) in [5, 5.41) is 7.57. The van der Waals surface area contributed by atoms with Gasteiger partial charge in [-0.15, -0.1) is 9.19 Å². The highest BCUT2D eigenvalue weighted by molar-refractivity contribution is 7.90. The average Bonchev–Trinajstić information content (AvgIpc) is 2.84. The molecule has 3 aromatic rings. The smallest absolute Gasteiger partial charge is 0.199 e. The molecule has 0 amide bonds. The minimum absolute atomic E-state index is 0.195. The molecule has 0 aliphatic carbocycles. The van der Waals surface area contributed by atoms with Crippen LogP contribution in [0.5, 0.6) is 0 Å². The van der Waals surface area contributed by atoms with Crippen molar-refractivity contribution in [2.45, 2.75) is 4.90 Å². The third-order valence-corrected chi connectivity index (χ3v) is 4.18. The summed E-state index contributed by atoms with van der Waals surface area (Å²) in [7, 11) is -3.68. The zero-order valence-electron chi connectivity index (χ0n) is 9.26. The van der Waals surface area contributed by atoms with E-state index in [1.807, 2.05) is 0 Å². The Labute approximate surface area is 104 Å². The molecule has 5 nitrogen and oxygen atoms in total. The lowest BCUT2D eigenvalue weighted by molar-refractivity contribution is 0.579. The molecule has 1 heterocycles. The van der Waals surface area contributed by atoms with Gasteiger partial charge in [0.05, 0.1) is 4.90 Å². The summed E-state index contributed by atoms with van der Waals surface area (Å²) < 4.78 is 25.7. The SMILES string of the molecule is O=S(=O)(c1ccccc1)n1nnc2ccccc21. The predicted octanol–water partition coefficient (Wildman–Crippen LogP) is 1.67. The number of aromatic nitrogens is 3. The Morgan fingerprint density at radius 2 is 1.56 bits per heavy atom. The Morgan fingerprint density at radius 3 is 2.33 bits per heavy atom. The fourth-order valence-corrected chi connectivity index (χ4v) is 2.96. The van der Waals surface area contributed by atoms with E-state index in [2.05, 4.69) is 10.3 Å². The molecule has 18 heavy (non-hydrogen) atoms. The van der Waals surface area contributed by atoms with Crippen molar-refractivity contribution in [2.24, 2.45) is 0 Å². The van der Waals surface area contributed by atoms with E-state index in [0.717, 1.165) is 4.09 Å². The van der Waals surface area contributed by atoms with Gasteiger partial charge in [-0.25, -0.2) is 0 Å². The molecule has 0 aliphatic heterocycles. The van der Waals surface area contributed by atoms with E-state index < -0.39 is 10.0 Å². The lowest BCUT2D eigenvalue weighted by Crippen LogP contribution is -2.14. The number of hydrogen-bond acceptors (Lipinski definition) is 4. The number of para-hydroxylation sites is 1. The van der Waals surface area contributed by atoms with E-state index in [1.54, 1.807) is 42.5 Å². The van der Waals surface area contributed by atoms with E-state index in [1.165, 1.54) is 12.1 Å². The second-order valence-corrected chi connectivity index (χ2v) is 5.51. The molecule has 0 unspecified atom stereocenters. The largest absolute Gasteiger partial charge is 0.284 e. The summed E-state index contributed by atoms with van der Waals surface area (Å²) in [6.45, 7) is 0. The molecule has 3 rings (SSSR count). The number of benzene rings is 2. The number of hydrogen-bond donors (Lipinski definition) is 0. The number of rotatable bonds is 2. The Kier molecular flexibility index (Phi) is 2.38. The first-order valence-corrected chi connectivity index (χ1v) is 6.75. The highest BCUT2D eigenvalue weighted by Gasteiger charge is 2.20. The lowest BCUT2D eigenvalue weighted by atomic mass is 10.3. The van der Waals surface area contributed by atoms with Crippen LogP contribution in [-0.2, 0) is 10.0 Å². The van der Waals surface area contributed by atoms with Crippen molar-refractivity contribution in [3.8, 4) is 0 Å². The summed E-state index contributed by atoms with van der Waals surface area (Å²) in [4.78, 5) is 0.195. The van der Waals surface area contributed by atoms with E-state index in [9.17, 15) is 8.42 Å². The zero-order valence-corrected chi connectivity index (χ0v) is 10.1. The third-order valence-electron chi connectivity index (χ3n) is 2.59. The van der Waals surface area contributed by atoms with Gasteiger partial charge in [0.25, 0.3) is 10.0 Å². The molecule has 6 heteroatoms. The third kappa shape index (κ3) is 1.58. The van der Waals surface area contributed by atoms with Gasteiger partial charge in [0.1, 0.15) is 11.0 Å². The minimum Gasteiger partial charge on any atom is -0.199 e. The van der Waals surface area contributed by atoms with Crippen LogP contribution in [0.1, 0.15) is 0 Å².